The smallest absolute Gasteiger partial charge is 0.227 e. The zero-order valence-corrected chi connectivity index (χ0v) is 34.4. The third-order valence-corrected chi connectivity index (χ3v) is 12.5. The Morgan fingerprint density at radius 3 is 1.84 bits per heavy atom. The highest BCUT2D eigenvalue weighted by molar-refractivity contribution is 6.11. The zero-order chi connectivity index (χ0) is 41.7. The lowest BCUT2D eigenvalue weighted by molar-refractivity contribution is 0.621. The van der Waals surface area contributed by atoms with Crippen molar-refractivity contribution >= 4 is 65.6 Å². The molecule has 3 heteroatoms. The monoisotopic (exact) mass is 804 g/mol. The highest BCUT2D eigenvalue weighted by Crippen LogP contribution is 2.42. The Labute approximate surface area is 365 Å². The minimum atomic E-state index is 0.620. The van der Waals surface area contributed by atoms with Crippen LogP contribution < -0.4 is 4.90 Å². The number of aromatic nitrogens is 1. The Bertz CT molecular complexity index is 3660. The maximum Gasteiger partial charge on any atom is 0.227 e. The number of oxazole rings is 1. The molecule has 0 radical (unpaired) electrons. The Morgan fingerprint density at radius 2 is 0.984 bits per heavy atom. The first-order valence-electron chi connectivity index (χ1n) is 21.6. The fraction of sp³-hybridized carbons (Fsp3) is 0.0167. The molecule has 63 heavy (non-hydrogen) atoms. The molecule has 0 aliphatic rings. The van der Waals surface area contributed by atoms with E-state index in [-0.39, 0.29) is 0 Å². The van der Waals surface area contributed by atoms with E-state index in [2.05, 4.69) is 235 Å². The summed E-state index contributed by atoms with van der Waals surface area (Å²) in [5, 5.41) is 9.37. The molecule has 0 N–H and O–H groups in total. The molecular formula is C60H40N2O. The van der Waals surface area contributed by atoms with Gasteiger partial charge in [-0.3, -0.25) is 0 Å². The van der Waals surface area contributed by atoms with E-state index >= 15 is 0 Å². The summed E-state index contributed by atoms with van der Waals surface area (Å²) >= 11 is 0. The van der Waals surface area contributed by atoms with Crippen LogP contribution in [0.5, 0.6) is 0 Å². The number of anilines is 2. The Kier molecular flexibility index (Phi) is 8.90. The molecule has 12 aromatic rings. The molecule has 11 aromatic carbocycles. The minimum absolute atomic E-state index is 0.620. The molecule has 1 heterocycles. The molecule has 0 fully saturated rings. The summed E-state index contributed by atoms with van der Waals surface area (Å²) in [7, 11) is 0. The third kappa shape index (κ3) is 6.59. The Morgan fingerprint density at radius 1 is 0.365 bits per heavy atom. The molecule has 3 nitrogen and oxygen atoms in total. The molecule has 0 spiro atoms. The third-order valence-electron chi connectivity index (χ3n) is 12.5. The normalized spacial score (nSPS) is 11.6. The van der Waals surface area contributed by atoms with Gasteiger partial charge in [-0.1, -0.05) is 182 Å². The summed E-state index contributed by atoms with van der Waals surface area (Å²) in [4.78, 5) is 7.63. The van der Waals surface area contributed by atoms with Crippen molar-refractivity contribution in [1.82, 2.24) is 4.98 Å². The van der Waals surface area contributed by atoms with Gasteiger partial charge in [-0.25, -0.2) is 4.98 Å². The quantitative estimate of drug-likeness (QED) is 0.153. The average Bonchev–Trinajstić information content (AvgIpc) is 3.82. The summed E-state index contributed by atoms with van der Waals surface area (Å²) in [6, 6.07) is 82.8. The van der Waals surface area contributed by atoms with E-state index in [0.717, 1.165) is 60.7 Å². The lowest BCUT2D eigenvalue weighted by Crippen LogP contribution is -2.17. The van der Waals surface area contributed by atoms with Gasteiger partial charge in [0, 0.05) is 39.8 Å². The van der Waals surface area contributed by atoms with Crippen LogP contribution in [0.25, 0.3) is 99.0 Å². The van der Waals surface area contributed by atoms with Crippen molar-refractivity contribution in [3.63, 3.8) is 0 Å². The van der Waals surface area contributed by atoms with Crippen LogP contribution in [-0.4, -0.2) is 4.98 Å². The Hall–Kier alpha value is -8.27. The molecular weight excluding hydrogens is 765 g/mol. The molecule has 0 aliphatic heterocycles. The number of benzene rings is 11. The molecule has 0 unspecified atom stereocenters. The predicted octanol–water partition coefficient (Wildman–Crippen LogP) is 16.4. The SMILES string of the molecule is c1ccc(-c2cc(-c3cccc4ccccc34)ccc2CN(c2ccccc2)c2cccc3cc(-c4cc5ccccc5c5nc(-c6ccc7ccccc7c6)oc45)ccc23)cc1. The van der Waals surface area contributed by atoms with Crippen LogP contribution in [0, 0.1) is 0 Å². The lowest BCUT2D eigenvalue weighted by atomic mass is 9.92. The van der Waals surface area contributed by atoms with Gasteiger partial charge in [0.25, 0.3) is 0 Å². The van der Waals surface area contributed by atoms with Crippen molar-refractivity contribution in [3.8, 4) is 44.8 Å². The first-order valence-corrected chi connectivity index (χ1v) is 21.6. The first-order chi connectivity index (χ1) is 31.2. The summed E-state index contributed by atoms with van der Waals surface area (Å²) in [6.07, 6.45) is 0. The van der Waals surface area contributed by atoms with Gasteiger partial charge >= 0.3 is 0 Å². The number of hydrogen-bond donors (Lipinski definition) is 0. The van der Waals surface area contributed by atoms with Gasteiger partial charge in [0.15, 0.2) is 5.58 Å². The second kappa shape index (κ2) is 15.3. The van der Waals surface area contributed by atoms with E-state index in [9.17, 15) is 0 Å². The molecule has 0 amide bonds. The number of para-hydroxylation sites is 1. The van der Waals surface area contributed by atoms with Gasteiger partial charge in [-0.2, -0.15) is 0 Å². The predicted molar refractivity (Wildman–Crippen MR) is 265 cm³/mol. The highest BCUT2D eigenvalue weighted by atomic mass is 16.3. The molecule has 1 aromatic heterocycles. The van der Waals surface area contributed by atoms with Crippen molar-refractivity contribution in [2.45, 2.75) is 6.54 Å². The van der Waals surface area contributed by atoms with Crippen molar-refractivity contribution in [2.75, 3.05) is 4.90 Å². The molecule has 0 saturated heterocycles. The summed E-state index contributed by atoms with van der Waals surface area (Å²) in [6.45, 7) is 0.672. The zero-order valence-electron chi connectivity index (χ0n) is 34.4. The molecule has 0 aliphatic carbocycles. The van der Waals surface area contributed by atoms with Gasteiger partial charge in [0.1, 0.15) is 5.52 Å². The van der Waals surface area contributed by atoms with Crippen LogP contribution in [0.1, 0.15) is 5.56 Å². The summed E-state index contributed by atoms with van der Waals surface area (Å²) < 4.78 is 6.78. The second-order valence-corrected chi connectivity index (χ2v) is 16.3. The van der Waals surface area contributed by atoms with E-state index in [1.807, 2.05) is 0 Å². The summed E-state index contributed by atoms with van der Waals surface area (Å²) in [5.41, 5.74) is 13.1. The largest absolute Gasteiger partial charge is 0.435 e. The topological polar surface area (TPSA) is 29.3 Å². The van der Waals surface area contributed by atoms with Crippen molar-refractivity contribution in [1.29, 1.82) is 0 Å². The van der Waals surface area contributed by atoms with Gasteiger partial charge in [0.2, 0.25) is 5.89 Å². The Balaban J connectivity index is 0.981. The number of nitrogens with zero attached hydrogens (tertiary/aromatic N) is 2. The summed E-state index contributed by atoms with van der Waals surface area (Å²) in [5.74, 6) is 0.620. The minimum Gasteiger partial charge on any atom is -0.435 e. The van der Waals surface area contributed by atoms with Gasteiger partial charge in [-0.15, -0.1) is 0 Å². The van der Waals surface area contributed by atoms with Crippen LogP contribution in [0.15, 0.2) is 235 Å². The molecule has 0 atom stereocenters. The van der Waals surface area contributed by atoms with E-state index in [1.54, 1.807) is 0 Å². The fourth-order valence-corrected chi connectivity index (χ4v) is 9.41. The van der Waals surface area contributed by atoms with E-state index in [1.165, 1.54) is 49.4 Å². The average molecular weight is 805 g/mol. The number of fused-ring (bicyclic) bond motifs is 6. The van der Waals surface area contributed by atoms with Crippen molar-refractivity contribution < 1.29 is 4.42 Å². The van der Waals surface area contributed by atoms with Crippen LogP contribution in [0.2, 0.25) is 0 Å². The van der Waals surface area contributed by atoms with E-state index in [4.69, 9.17) is 9.40 Å². The van der Waals surface area contributed by atoms with Gasteiger partial charge in [-0.05, 0) is 114 Å². The van der Waals surface area contributed by atoms with Crippen LogP contribution in [0.4, 0.5) is 11.4 Å². The second-order valence-electron chi connectivity index (χ2n) is 16.3. The van der Waals surface area contributed by atoms with Crippen LogP contribution in [0.3, 0.4) is 0 Å². The highest BCUT2D eigenvalue weighted by Gasteiger charge is 2.20. The van der Waals surface area contributed by atoms with Crippen LogP contribution >= 0.6 is 0 Å². The van der Waals surface area contributed by atoms with Gasteiger partial charge in [0.05, 0.1) is 0 Å². The maximum atomic E-state index is 6.78. The van der Waals surface area contributed by atoms with Crippen LogP contribution in [-0.2, 0) is 6.54 Å². The lowest BCUT2D eigenvalue weighted by Gasteiger charge is -2.28. The molecule has 12 rings (SSSR count). The molecule has 0 bridgehead atoms. The number of rotatable bonds is 8. The van der Waals surface area contributed by atoms with Gasteiger partial charge < -0.3 is 9.32 Å². The molecule has 296 valence electrons. The first kappa shape index (κ1) is 36.6. The maximum absolute atomic E-state index is 6.78. The number of hydrogen-bond acceptors (Lipinski definition) is 3. The van der Waals surface area contributed by atoms with Crippen molar-refractivity contribution in [2.24, 2.45) is 0 Å². The van der Waals surface area contributed by atoms with Crippen molar-refractivity contribution in [3.05, 3.63) is 236 Å². The van der Waals surface area contributed by atoms with E-state index in [0.29, 0.717) is 12.4 Å². The standard InChI is InChI=1S/C60H40N2O/c1-3-16-42(17-4-1)55-37-47(52-27-13-21-41-18-9-11-25-51(41)52)30-32-49(55)39-62(50-23-5-2-6-24-50)57-28-14-22-44-36-46(33-34-53(44)57)56-38-45-20-10-12-26-54(45)58-59(56)63-60(61-58)48-31-29-40-15-7-8-19-43(40)35-48/h1-38H,39H2. The fourth-order valence-electron chi connectivity index (χ4n) is 9.41. The molecule has 0 saturated carbocycles. The van der Waals surface area contributed by atoms with E-state index < -0.39 is 0 Å².